The first-order chi connectivity index (χ1) is 16.0. The second kappa shape index (κ2) is 10.3. The molecule has 0 spiro atoms. The van der Waals surface area contributed by atoms with Gasteiger partial charge in [0.15, 0.2) is 4.80 Å². The van der Waals surface area contributed by atoms with Gasteiger partial charge in [-0.15, -0.1) is 11.3 Å². The number of benzene rings is 1. The third-order valence-electron chi connectivity index (χ3n) is 5.08. The molecule has 0 bridgehead atoms. The van der Waals surface area contributed by atoms with Crippen LogP contribution in [0, 0.1) is 0 Å². The van der Waals surface area contributed by atoms with Crippen molar-refractivity contribution in [2.75, 3.05) is 26.9 Å². The van der Waals surface area contributed by atoms with Crippen LogP contribution in [0.1, 0.15) is 30.3 Å². The van der Waals surface area contributed by atoms with Crippen molar-refractivity contribution in [3.8, 4) is 5.75 Å². The molecule has 1 aliphatic heterocycles. The quantitative estimate of drug-likeness (QED) is 0.363. The van der Waals surface area contributed by atoms with Crippen LogP contribution in [0.5, 0.6) is 5.75 Å². The number of nitrogens with zero attached hydrogens (tertiary/aromatic N) is 2. The van der Waals surface area contributed by atoms with E-state index in [0.717, 1.165) is 10.4 Å². The number of ether oxygens (including phenoxy) is 3. The Labute approximate surface area is 198 Å². The number of hydrogen-bond acceptors (Lipinski definition) is 8. The van der Waals surface area contributed by atoms with Crippen molar-refractivity contribution in [1.29, 1.82) is 0 Å². The third-order valence-corrected chi connectivity index (χ3v) is 6.99. The van der Waals surface area contributed by atoms with Gasteiger partial charge in [-0.2, -0.15) is 0 Å². The van der Waals surface area contributed by atoms with E-state index < -0.39 is 12.0 Å². The van der Waals surface area contributed by atoms with Crippen molar-refractivity contribution >= 4 is 34.7 Å². The molecule has 3 aromatic rings. The summed E-state index contributed by atoms with van der Waals surface area (Å²) in [5, 5.41) is 1.92. The van der Waals surface area contributed by atoms with Crippen LogP contribution in [0.15, 0.2) is 62.8 Å². The second-order valence-corrected chi connectivity index (χ2v) is 9.19. The first-order valence-electron chi connectivity index (χ1n) is 10.5. The normalized spacial score (nSPS) is 15.8. The highest BCUT2D eigenvalue weighted by Gasteiger charge is 2.34. The number of thiazole rings is 1. The average molecular weight is 485 g/mol. The van der Waals surface area contributed by atoms with Crippen molar-refractivity contribution in [2.45, 2.75) is 19.9 Å². The van der Waals surface area contributed by atoms with Gasteiger partial charge >= 0.3 is 5.97 Å². The Morgan fingerprint density at radius 3 is 2.76 bits per heavy atom. The Hall–Kier alpha value is -3.01. The Bertz CT molecular complexity index is 1350. The van der Waals surface area contributed by atoms with E-state index in [-0.39, 0.29) is 12.2 Å². The van der Waals surface area contributed by atoms with E-state index in [0.29, 0.717) is 39.6 Å². The van der Waals surface area contributed by atoms with Gasteiger partial charge in [0.2, 0.25) is 0 Å². The molecule has 0 saturated carbocycles. The molecule has 1 aliphatic rings. The summed E-state index contributed by atoms with van der Waals surface area (Å²) in [5.74, 6) is 0.210. The number of allylic oxidation sites excluding steroid dienone is 1. The van der Waals surface area contributed by atoms with Gasteiger partial charge in [0, 0.05) is 17.6 Å². The summed E-state index contributed by atoms with van der Waals surface area (Å²) in [5.41, 5.74) is 1.51. The maximum absolute atomic E-state index is 13.6. The summed E-state index contributed by atoms with van der Waals surface area (Å²) in [6.45, 7) is 4.64. The number of carbonyl (C=O) groups is 1. The molecule has 0 amide bonds. The first kappa shape index (κ1) is 23.2. The van der Waals surface area contributed by atoms with Crippen LogP contribution < -0.4 is 19.6 Å². The lowest BCUT2D eigenvalue weighted by molar-refractivity contribution is -0.140. The molecule has 2 aromatic heterocycles. The number of thiophene rings is 1. The molecular weight excluding hydrogens is 460 g/mol. The molecule has 0 aliphatic carbocycles. The standard InChI is InChI=1S/C24H24N2O5S2/c1-4-30-17-9-6-5-8-16(17)14-19-22(27)26-21(18-10-7-13-32-18)20(15(2)25-24(26)33-19)23(28)31-12-11-29-3/h5-10,13-14,21H,4,11-12H2,1-3H3. The second-order valence-electron chi connectivity index (χ2n) is 7.20. The molecule has 1 aromatic carbocycles. The minimum absolute atomic E-state index is 0.127. The highest BCUT2D eigenvalue weighted by atomic mass is 32.1. The number of para-hydroxylation sites is 1. The summed E-state index contributed by atoms with van der Waals surface area (Å²) in [6, 6.07) is 10.8. The fraction of sp³-hybridized carbons (Fsp3) is 0.292. The average Bonchev–Trinajstić information content (AvgIpc) is 3.43. The molecular formula is C24H24N2O5S2. The lowest BCUT2D eigenvalue weighted by Gasteiger charge is -2.23. The Morgan fingerprint density at radius 2 is 2.03 bits per heavy atom. The predicted octanol–water partition coefficient (Wildman–Crippen LogP) is 2.89. The topological polar surface area (TPSA) is 79.1 Å². The number of methoxy groups -OCH3 is 1. The molecule has 0 fully saturated rings. The zero-order valence-corrected chi connectivity index (χ0v) is 20.2. The van der Waals surface area contributed by atoms with Crippen LogP contribution in [-0.4, -0.2) is 37.5 Å². The maximum Gasteiger partial charge on any atom is 0.338 e. The first-order valence-corrected chi connectivity index (χ1v) is 12.2. The number of aromatic nitrogens is 1. The van der Waals surface area contributed by atoms with Gasteiger partial charge < -0.3 is 14.2 Å². The maximum atomic E-state index is 13.6. The van der Waals surface area contributed by atoms with Gasteiger partial charge in [-0.05, 0) is 37.4 Å². The number of carbonyl (C=O) groups excluding carboxylic acids is 1. The van der Waals surface area contributed by atoms with Crippen molar-refractivity contribution in [3.63, 3.8) is 0 Å². The summed E-state index contributed by atoms with van der Waals surface area (Å²) in [7, 11) is 1.54. The van der Waals surface area contributed by atoms with E-state index >= 15 is 0 Å². The zero-order chi connectivity index (χ0) is 23.4. The summed E-state index contributed by atoms with van der Waals surface area (Å²) in [6.07, 6.45) is 1.82. The highest BCUT2D eigenvalue weighted by Crippen LogP contribution is 2.33. The number of fused-ring (bicyclic) bond motifs is 1. The highest BCUT2D eigenvalue weighted by molar-refractivity contribution is 7.10. The Kier molecular flexibility index (Phi) is 7.22. The van der Waals surface area contributed by atoms with E-state index in [2.05, 4.69) is 4.99 Å². The lowest BCUT2D eigenvalue weighted by Crippen LogP contribution is -2.39. The van der Waals surface area contributed by atoms with Crippen molar-refractivity contribution < 1.29 is 19.0 Å². The van der Waals surface area contributed by atoms with E-state index in [1.807, 2.05) is 54.8 Å². The van der Waals surface area contributed by atoms with Gasteiger partial charge in [0.25, 0.3) is 5.56 Å². The largest absolute Gasteiger partial charge is 0.493 e. The predicted molar refractivity (Wildman–Crippen MR) is 129 cm³/mol. The molecule has 172 valence electrons. The fourth-order valence-electron chi connectivity index (χ4n) is 3.62. The number of hydrogen-bond donors (Lipinski definition) is 0. The van der Waals surface area contributed by atoms with E-state index in [1.54, 1.807) is 18.6 Å². The van der Waals surface area contributed by atoms with Crippen LogP contribution in [0.25, 0.3) is 6.08 Å². The van der Waals surface area contributed by atoms with Gasteiger partial charge in [0.05, 0.1) is 29.0 Å². The van der Waals surface area contributed by atoms with Crippen LogP contribution in [0.3, 0.4) is 0 Å². The molecule has 9 heteroatoms. The smallest absolute Gasteiger partial charge is 0.338 e. The molecule has 1 unspecified atom stereocenters. The van der Waals surface area contributed by atoms with E-state index in [9.17, 15) is 9.59 Å². The summed E-state index contributed by atoms with van der Waals surface area (Å²) < 4.78 is 18.2. The minimum atomic E-state index is -0.597. The molecule has 33 heavy (non-hydrogen) atoms. The molecule has 0 N–H and O–H groups in total. The molecule has 7 nitrogen and oxygen atoms in total. The Morgan fingerprint density at radius 1 is 1.21 bits per heavy atom. The molecule has 3 heterocycles. The van der Waals surface area contributed by atoms with E-state index in [4.69, 9.17) is 14.2 Å². The zero-order valence-electron chi connectivity index (χ0n) is 18.6. The summed E-state index contributed by atoms with van der Waals surface area (Å²) in [4.78, 5) is 32.6. The van der Waals surface area contributed by atoms with Crippen molar-refractivity contribution in [2.24, 2.45) is 4.99 Å². The molecule has 0 radical (unpaired) electrons. The molecule has 4 rings (SSSR count). The van der Waals surface area contributed by atoms with Crippen molar-refractivity contribution in [1.82, 2.24) is 4.57 Å². The van der Waals surface area contributed by atoms with Gasteiger partial charge in [-0.25, -0.2) is 9.79 Å². The van der Waals surface area contributed by atoms with Crippen LogP contribution in [0.4, 0.5) is 0 Å². The molecule has 1 atom stereocenters. The van der Waals surface area contributed by atoms with Gasteiger partial charge in [-0.3, -0.25) is 9.36 Å². The lowest BCUT2D eigenvalue weighted by atomic mass is 10.0. The SMILES string of the molecule is CCOc1ccccc1C=c1sc2n(c1=O)C(c1cccs1)C(C(=O)OCCOC)=C(C)N=2. The van der Waals surface area contributed by atoms with E-state index in [1.165, 1.54) is 22.7 Å². The number of esters is 1. The number of rotatable bonds is 8. The third kappa shape index (κ3) is 4.71. The monoisotopic (exact) mass is 484 g/mol. The summed E-state index contributed by atoms with van der Waals surface area (Å²) >= 11 is 2.78. The Balaban J connectivity index is 1.85. The fourth-order valence-corrected chi connectivity index (χ4v) is 5.48. The minimum Gasteiger partial charge on any atom is -0.493 e. The van der Waals surface area contributed by atoms with Gasteiger partial charge in [0.1, 0.15) is 18.4 Å². The van der Waals surface area contributed by atoms with Gasteiger partial charge in [-0.1, -0.05) is 35.6 Å². The van der Waals surface area contributed by atoms with Crippen LogP contribution in [-0.2, 0) is 14.3 Å². The van der Waals surface area contributed by atoms with Crippen molar-refractivity contribution in [3.05, 3.63) is 83.2 Å². The van der Waals surface area contributed by atoms with Crippen LogP contribution >= 0.6 is 22.7 Å². The molecule has 0 saturated heterocycles. The van der Waals surface area contributed by atoms with Crippen LogP contribution in [0.2, 0.25) is 0 Å².